The number of nitro groups is 1. The number of amides is 2. The molecular formula is C24H14Cl2N2O4. The summed E-state index contributed by atoms with van der Waals surface area (Å²) >= 11 is 12.5. The van der Waals surface area contributed by atoms with E-state index in [-0.39, 0.29) is 10.7 Å². The van der Waals surface area contributed by atoms with Gasteiger partial charge in [0.2, 0.25) is 11.8 Å². The second kappa shape index (κ2) is 6.40. The van der Waals surface area contributed by atoms with E-state index in [0.717, 1.165) is 4.90 Å². The van der Waals surface area contributed by atoms with Crippen LogP contribution in [0.1, 0.15) is 28.2 Å². The van der Waals surface area contributed by atoms with Gasteiger partial charge < -0.3 is 0 Å². The molecule has 3 aromatic carbocycles. The van der Waals surface area contributed by atoms with Crippen LogP contribution >= 0.6 is 23.2 Å². The number of benzene rings is 3. The number of carbonyl (C=O) groups is 2. The molecular weight excluding hydrogens is 451 g/mol. The van der Waals surface area contributed by atoms with Gasteiger partial charge in [-0.15, -0.1) is 0 Å². The van der Waals surface area contributed by atoms with Crippen LogP contribution < -0.4 is 4.90 Å². The highest BCUT2D eigenvalue weighted by atomic mass is 35.5. The molecule has 0 spiro atoms. The third-order valence-corrected chi connectivity index (χ3v) is 7.57. The summed E-state index contributed by atoms with van der Waals surface area (Å²) in [5.41, 5.74) is 0.646. The Morgan fingerprint density at radius 3 is 2.06 bits per heavy atom. The Labute approximate surface area is 192 Å². The van der Waals surface area contributed by atoms with Gasteiger partial charge in [0.25, 0.3) is 5.54 Å². The Kier molecular flexibility index (Phi) is 3.89. The van der Waals surface area contributed by atoms with E-state index in [0.29, 0.717) is 27.3 Å². The van der Waals surface area contributed by atoms with Crippen molar-refractivity contribution in [1.82, 2.24) is 0 Å². The van der Waals surface area contributed by atoms with E-state index < -0.39 is 40.0 Å². The zero-order valence-corrected chi connectivity index (χ0v) is 17.9. The maximum absolute atomic E-state index is 13.8. The van der Waals surface area contributed by atoms with E-state index in [1.807, 2.05) is 12.1 Å². The van der Waals surface area contributed by atoms with Crippen LogP contribution in [0.2, 0.25) is 10.0 Å². The maximum Gasteiger partial charge on any atom is 0.285 e. The standard InChI is InChI=1S/C24H14Cl2N2O4/c25-12-9-10-17(26)18(11-12)27-22(29)20-19-13-5-1-3-7-15(13)24(28(31)32,21(20)23(27)30)16-8-4-2-6-14(16)19/h1-11,19-21H/t19?,20-,21+,24?/m0/s1. The number of rotatable bonds is 2. The van der Waals surface area contributed by atoms with Gasteiger partial charge in [0.15, 0.2) is 0 Å². The van der Waals surface area contributed by atoms with Crippen molar-refractivity contribution in [3.63, 3.8) is 0 Å². The van der Waals surface area contributed by atoms with Crippen LogP contribution in [0.4, 0.5) is 5.69 Å². The van der Waals surface area contributed by atoms with Gasteiger partial charge in [-0.1, -0.05) is 71.7 Å². The topological polar surface area (TPSA) is 80.5 Å². The number of imide groups is 1. The molecule has 3 aliphatic carbocycles. The van der Waals surface area contributed by atoms with Crippen LogP contribution in [0, 0.1) is 22.0 Å². The monoisotopic (exact) mass is 464 g/mol. The lowest BCUT2D eigenvalue weighted by Gasteiger charge is -2.48. The molecule has 1 saturated heterocycles. The van der Waals surface area contributed by atoms with Crippen LogP contribution in [-0.2, 0) is 15.1 Å². The van der Waals surface area contributed by atoms with Crippen molar-refractivity contribution < 1.29 is 14.5 Å². The molecule has 1 heterocycles. The van der Waals surface area contributed by atoms with Gasteiger partial charge in [-0.3, -0.25) is 19.7 Å². The van der Waals surface area contributed by atoms with E-state index in [4.69, 9.17) is 23.2 Å². The average Bonchev–Trinajstić information content (AvgIpc) is 3.06. The molecule has 2 amide bonds. The lowest BCUT2D eigenvalue weighted by Crippen LogP contribution is -2.57. The molecule has 2 bridgehead atoms. The molecule has 0 radical (unpaired) electrons. The van der Waals surface area contributed by atoms with Gasteiger partial charge >= 0.3 is 0 Å². The Morgan fingerprint density at radius 1 is 0.875 bits per heavy atom. The fraction of sp³-hybridized carbons (Fsp3) is 0.167. The predicted molar refractivity (Wildman–Crippen MR) is 118 cm³/mol. The van der Waals surface area contributed by atoms with Gasteiger partial charge in [0.1, 0.15) is 5.92 Å². The number of halogens is 2. The van der Waals surface area contributed by atoms with Crippen molar-refractivity contribution in [2.45, 2.75) is 11.5 Å². The first kappa shape index (κ1) is 19.5. The van der Waals surface area contributed by atoms with Crippen LogP contribution in [-0.4, -0.2) is 16.7 Å². The predicted octanol–water partition coefficient (Wildman–Crippen LogP) is 4.78. The normalized spacial score (nSPS) is 27.2. The first-order valence-corrected chi connectivity index (χ1v) is 10.8. The fourth-order valence-corrected chi connectivity index (χ4v) is 6.30. The number of carbonyl (C=O) groups excluding carboxylic acids is 2. The SMILES string of the molecule is O=C1[C@H]2C3c4ccccc4C([N+](=O)[O-])(c4ccccc43)[C@H]2C(=O)N1c1cc(Cl)ccc1Cl. The summed E-state index contributed by atoms with van der Waals surface area (Å²) in [6, 6.07) is 18.6. The molecule has 1 fully saturated rings. The minimum Gasteiger partial charge on any atom is -0.274 e. The minimum atomic E-state index is -1.86. The number of nitrogens with zero attached hydrogens (tertiary/aromatic N) is 2. The average molecular weight is 465 g/mol. The molecule has 3 aromatic rings. The highest BCUT2D eigenvalue weighted by Gasteiger charge is 2.74. The Bertz CT molecular complexity index is 1320. The maximum atomic E-state index is 13.8. The van der Waals surface area contributed by atoms with E-state index in [9.17, 15) is 19.7 Å². The fourth-order valence-electron chi connectivity index (χ4n) is 5.94. The highest BCUT2D eigenvalue weighted by Crippen LogP contribution is 2.64. The van der Waals surface area contributed by atoms with Crippen LogP contribution in [0.15, 0.2) is 66.7 Å². The number of anilines is 1. The summed E-state index contributed by atoms with van der Waals surface area (Å²) in [5, 5.41) is 13.4. The first-order chi connectivity index (χ1) is 15.4. The molecule has 0 aromatic heterocycles. The summed E-state index contributed by atoms with van der Waals surface area (Å²) in [6.07, 6.45) is 0. The second-order valence-electron chi connectivity index (χ2n) is 8.29. The minimum absolute atomic E-state index is 0.148. The molecule has 0 saturated carbocycles. The Morgan fingerprint density at radius 2 is 1.47 bits per heavy atom. The molecule has 32 heavy (non-hydrogen) atoms. The zero-order chi connectivity index (χ0) is 22.4. The molecule has 1 aliphatic heterocycles. The van der Waals surface area contributed by atoms with Crippen molar-refractivity contribution >= 4 is 40.7 Å². The molecule has 7 rings (SSSR count). The van der Waals surface area contributed by atoms with Gasteiger partial charge in [0, 0.05) is 27.0 Å². The van der Waals surface area contributed by atoms with Gasteiger partial charge in [-0.2, -0.15) is 0 Å². The first-order valence-electron chi connectivity index (χ1n) is 10.0. The quantitative estimate of drug-likeness (QED) is 0.310. The zero-order valence-electron chi connectivity index (χ0n) is 16.4. The van der Waals surface area contributed by atoms with E-state index in [2.05, 4.69) is 0 Å². The number of hydrogen-bond acceptors (Lipinski definition) is 4. The number of hydrogen-bond donors (Lipinski definition) is 0. The molecule has 4 aliphatic rings. The van der Waals surface area contributed by atoms with E-state index >= 15 is 0 Å². The van der Waals surface area contributed by atoms with Crippen LogP contribution in [0.3, 0.4) is 0 Å². The smallest absolute Gasteiger partial charge is 0.274 e. The summed E-state index contributed by atoms with van der Waals surface area (Å²) < 4.78 is 0. The second-order valence-corrected chi connectivity index (χ2v) is 9.13. The van der Waals surface area contributed by atoms with E-state index in [1.165, 1.54) is 12.1 Å². The van der Waals surface area contributed by atoms with Gasteiger partial charge in [-0.05, 0) is 29.3 Å². The van der Waals surface area contributed by atoms with Crippen molar-refractivity contribution in [2.75, 3.05) is 4.90 Å². The molecule has 158 valence electrons. The summed E-state index contributed by atoms with van der Waals surface area (Å²) in [7, 11) is 0. The summed E-state index contributed by atoms with van der Waals surface area (Å²) in [4.78, 5) is 41.1. The lowest BCUT2D eigenvalue weighted by atomic mass is 9.51. The van der Waals surface area contributed by atoms with Gasteiger partial charge in [-0.25, -0.2) is 4.90 Å². The molecule has 0 N–H and O–H groups in total. The highest BCUT2D eigenvalue weighted by molar-refractivity contribution is 6.38. The summed E-state index contributed by atoms with van der Waals surface area (Å²) in [6.45, 7) is 0. The van der Waals surface area contributed by atoms with Crippen LogP contribution in [0.5, 0.6) is 0 Å². The Balaban J connectivity index is 1.68. The molecule has 6 nitrogen and oxygen atoms in total. The van der Waals surface area contributed by atoms with Crippen molar-refractivity contribution in [1.29, 1.82) is 0 Å². The van der Waals surface area contributed by atoms with Crippen molar-refractivity contribution in [2.24, 2.45) is 11.8 Å². The lowest BCUT2D eigenvalue weighted by molar-refractivity contribution is -0.578. The van der Waals surface area contributed by atoms with Crippen molar-refractivity contribution in [3.8, 4) is 0 Å². The summed E-state index contributed by atoms with van der Waals surface area (Å²) in [5.74, 6) is -3.68. The largest absolute Gasteiger partial charge is 0.285 e. The molecule has 8 heteroatoms. The Hall–Kier alpha value is -3.22. The third-order valence-electron chi connectivity index (χ3n) is 7.01. The van der Waals surface area contributed by atoms with Gasteiger partial charge in [0.05, 0.1) is 16.6 Å². The van der Waals surface area contributed by atoms with E-state index in [1.54, 1.807) is 42.5 Å². The molecule has 2 atom stereocenters. The van der Waals surface area contributed by atoms with Crippen LogP contribution in [0.25, 0.3) is 0 Å². The molecule has 0 unspecified atom stereocenters. The third kappa shape index (κ3) is 2.11. The van der Waals surface area contributed by atoms with Crippen molar-refractivity contribution in [3.05, 3.63) is 109 Å².